The van der Waals surface area contributed by atoms with Crippen molar-refractivity contribution in [1.82, 2.24) is 19.6 Å². The molecule has 0 aliphatic heterocycles. The van der Waals surface area contributed by atoms with Gasteiger partial charge in [0.05, 0.1) is 30.6 Å². The fourth-order valence-electron chi connectivity index (χ4n) is 2.80. The number of carbonyl (C=O) groups is 2. The maximum Gasteiger partial charge on any atom is 1.00 e. The van der Waals surface area contributed by atoms with E-state index in [1.165, 1.54) is 56.2 Å². The van der Waals surface area contributed by atoms with Crippen molar-refractivity contribution in [2.45, 2.75) is 0 Å². The molecule has 0 amide bonds. The second-order valence-electron chi connectivity index (χ2n) is 6.53. The van der Waals surface area contributed by atoms with Crippen LogP contribution in [0.1, 0.15) is 28.9 Å². The third-order valence-electron chi connectivity index (χ3n) is 4.39. The van der Waals surface area contributed by atoms with Gasteiger partial charge in [-0.15, -0.1) is 0 Å². The van der Waals surface area contributed by atoms with Gasteiger partial charge in [0.15, 0.2) is 0 Å². The molecule has 0 unspecified atom stereocenters. The Balaban J connectivity index is 0.000000391. The van der Waals surface area contributed by atoms with Gasteiger partial charge in [0.1, 0.15) is 11.6 Å². The Bertz CT molecular complexity index is 1520. The van der Waals surface area contributed by atoms with Crippen LogP contribution < -0.4 is 18.9 Å². The molecule has 178 valence electrons. The van der Waals surface area contributed by atoms with Gasteiger partial charge in [-0.1, -0.05) is 12.1 Å². The Hall–Kier alpha value is -3.78. The number of nitrogens with zero attached hydrogens (tertiary/aromatic N) is 4. The standard InChI is InChI=1S/C12H11FN2O2.C11H9FN2O2.Li.H2O/c1-15-7-9(6-14-15)10-4-3-8(5-11(10)13)12(16)17-2;1-14-6-8(5-13-14)9-3-2-7(11(15)16)4-10(9)12;;/h3-7H,1-2H3;2-6H,1H3,(H,15,16);;1H2/q;;+1;/p-1/i2*1D3;;. The molecular formula is C23H21F2LiN4O5. The maximum atomic E-state index is 14.0. The minimum Gasteiger partial charge on any atom is -0.870 e. The third kappa shape index (κ3) is 7.10. The minimum absolute atomic E-state index is 0. The van der Waals surface area contributed by atoms with E-state index in [-0.39, 0.29) is 52.2 Å². The second-order valence-corrected chi connectivity index (χ2v) is 6.53. The molecule has 0 saturated heterocycles. The number of rotatable bonds is 4. The van der Waals surface area contributed by atoms with E-state index in [0.29, 0.717) is 5.56 Å². The Labute approximate surface area is 219 Å². The van der Waals surface area contributed by atoms with Gasteiger partial charge >= 0.3 is 30.8 Å². The van der Waals surface area contributed by atoms with Crippen LogP contribution in [0.15, 0.2) is 61.2 Å². The van der Waals surface area contributed by atoms with Gasteiger partial charge in [0.25, 0.3) is 0 Å². The first-order valence-electron chi connectivity index (χ1n) is 12.1. The number of esters is 1. The summed E-state index contributed by atoms with van der Waals surface area (Å²) in [5, 5.41) is 16.0. The van der Waals surface area contributed by atoms with Crippen LogP contribution in [0.4, 0.5) is 8.78 Å². The number of carbonyl (C=O) groups excluding carboxylic acids is 1. The number of aromatic carboxylic acids is 1. The largest absolute Gasteiger partial charge is 1.00 e. The molecule has 4 rings (SSSR count). The van der Waals surface area contributed by atoms with E-state index in [2.05, 4.69) is 14.9 Å². The number of carboxylic acid groups (broad SMARTS) is 1. The molecule has 9 nitrogen and oxygen atoms in total. The van der Waals surface area contributed by atoms with E-state index in [0.717, 1.165) is 21.5 Å². The summed E-state index contributed by atoms with van der Waals surface area (Å²) in [6.45, 7) is -4.85. The van der Waals surface area contributed by atoms with Gasteiger partial charge in [-0.3, -0.25) is 9.36 Å². The number of carboxylic acids is 1. The zero-order valence-electron chi connectivity index (χ0n) is 24.4. The number of aryl methyl sites for hydroxylation is 2. The van der Waals surface area contributed by atoms with Crippen LogP contribution in [-0.2, 0) is 18.7 Å². The molecule has 0 aliphatic carbocycles. The van der Waals surface area contributed by atoms with Crippen molar-refractivity contribution in [2.75, 3.05) is 7.11 Å². The summed E-state index contributed by atoms with van der Waals surface area (Å²) in [6.07, 6.45) is 4.88. The topological polar surface area (TPSA) is 129 Å². The van der Waals surface area contributed by atoms with Crippen LogP contribution >= 0.6 is 0 Å². The molecule has 2 heterocycles. The molecule has 0 fully saturated rings. The van der Waals surface area contributed by atoms with Crippen molar-refractivity contribution in [3.8, 4) is 22.3 Å². The first kappa shape index (κ1) is 20.6. The number of ether oxygens (including phenoxy) is 1. The van der Waals surface area contributed by atoms with E-state index in [1.54, 1.807) is 0 Å². The predicted octanol–water partition coefficient (Wildman–Crippen LogP) is 0.764. The number of methoxy groups -OCH3 is 1. The van der Waals surface area contributed by atoms with Gasteiger partial charge in [-0.25, -0.2) is 18.4 Å². The van der Waals surface area contributed by atoms with E-state index >= 15 is 0 Å². The average Bonchev–Trinajstić information content (AvgIpc) is 3.54. The first-order valence-corrected chi connectivity index (χ1v) is 9.13. The van der Waals surface area contributed by atoms with Gasteiger partial charge in [-0.2, -0.15) is 10.2 Å². The normalized spacial score (nSPS) is 13.0. The van der Waals surface area contributed by atoms with Gasteiger partial charge in [0, 0.05) is 56.8 Å². The number of halogens is 2. The zero-order chi connectivity index (χ0) is 29.1. The van der Waals surface area contributed by atoms with Crippen LogP contribution in [0.5, 0.6) is 0 Å². The van der Waals surface area contributed by atoms with Crippen molar-refractivity contribution in [1.29, 1.82) is 0 Å². The minimum atomic E-state index is -2.43. The summed E-state index contributed by atoms with van der Waals surface area (Å²) in [4.78, 5) is 21.9. The summed E-state index contributed by atoms with van der Waals surface area (Å²) in [6, 6.07) is 7.21. The zero-order valence-corrected chi connectivity index (χ0v) is 18.4. The Kier molecular flexibility index (Phi) is 7.42. The fraction of sp³-hybridized carbons (Fsp3) is 0.130. The molecule has 0 spiro atoms. The van der Waals surface area contributed by atoms with Crippen LogP contribution in [0.2, 0.25) is 0 Å². The quantitative estimate of drug-likeness (QED) is 0.335. The van der Waals surface area contributed by atoms with Crippen LogP contribution in [0.3, 0.4) is 0 Å². The van der Waals surface area contributed by atoms with Crippen molar-refractivity contribution in [3.63, 3.8) is 0 Å². The van der Waals surface area contributed by atoms with E-state index < -0.39 is 37.5 Å². The summed E-state index contributed by atoms with van der Waals surface area (Å²) >= 11 is 0. The molecule has 12 heteroatoms. The molecular weight excluding hydrogens is 457 g/mol. The van der Waals surface area contributed by atoms with E-state index in [9.17, 15) is 18.4 Å². The molecule has 2 aromatic carbocycles. The Morgan fingerprint density at radius 3 is 1.74 bits per heavy atom. The first-order chi connectivity index (χ1) is 18.1. The average molecular weight is 484 g/mol. The van der Waals surface area contributed by atoms with Crippen LogP contribution in [0.25, 0.3) is 22.3 Å². The van der Waals surface area contributed by atoms with Crippen LogP contribution in [0, 0.1) is 11.6 Å². The Morgan fingerprint density at radius 1 is 0.914 bits per heavy atom. The van der Waals surface area contributed by atoms with Gasteiger partial charge in [-0.05, 0) is 24.3 Å². The van der Waals surface area contributed by atoms with E-state index in [4.69, 9.17) is 13.3 Å². The number of hydrogen-bond acceptors (Lipinski definition) is 6. The van der Waals surface area contributed by atoms with Gasteiger partial charge < -0.3 is 15.3 Å². The number of aromatic nitrogens is 4. The maximum absolute atomic E-state index is 14.0. The molecule has 0 radical (unpaired) electrons. The summed E-state index contributed by atoms with van der Waals surface area (Å²) in [5.74, 6) is -3.28. The molecule has 0 atom stereocenters. The van der Waals surface area contributed by atoms with Gasteiger partial charge in [0.2, 0.25) is 0 Å². The Morgan fingerprint density at radius 2 is 1.37 bits per heavy atom. The molecule has 2 aromatic heterocycles. The van der Waals surface area contributed by atoms with Crippen LogP contribution in [-0.4, -0.2) is 49.2 Å². The van der Waals surface area contributed by atoms with Crippen molar-refractivity contribution in [3.05, 3.63) is 83.9 Å². The third-order valence-corrected chi connectivity index (χ3v) is 4.39. The predicted molar refractivity (Wildman–Crippen MR) is 117 cm³/mol. The smallest absolute Gasteiger partial charge is 0.870 e. The molecule has 0 saturated carbocycles. The molecule has 0 aliphatic rings. The van der Waals surface area contributed by atoms with E-state index in [1.807, 2.05) is 0 Å². The summed E-state index contributed by atoms with van der Waals surface area (Å²) < 4.78 is 76.8. The molecule has 35 heavy (non-hydrogen) atoms. The molecule has 0 bridgehead atoms. The number of hydrogen-bond donors (Lipinski definition) is 1. The summed E-state index contributed by atoms with van der Waals surface area (Å²) in [7, 11) is 1.20. The van der Waals surface area contributed by atoms with Crippen molar-refractivity contribution in [2.24, 2.45) is 14.0 Å². The number of benzene rings is 2. The van der Waals surface area contributed by atoms with Crippen molar-refractivity contribution < 1.29 is 60.8 Å². The fourth-order valence-corrected chi connectivity index (χ4v) is 2.80. The van der Waals surface area contributed by atoms with Crippen molar-refractivity contribution >= 4 is 11.9 Å². The monoisotopic (exact) mass is 484 g/mol. The second kappa shape index (κ2) is 12.6. The SMILES string of the molecule is [2H]C([2H])([2H])n1cc(-c2ccc(C(=O)O)cc2F)cn1.[2H]C([2H])([2H])n1cc(-c2ccc(C(=O)OC)cc2F)cn1.[Li+].[OH-]. The molecule has 4 aromatic rings. The summed E-state index contributed by atoms with van der Waals surface area (Å²) in [5.41, 5.74) is 0.746. The molecule has 2 N–H and O–H groups in total.